The lowest BCUT2D eigenvalue weighted by molar-refractivity contribution is 1.13. The van der Waals surface area contributed by atoms with Gasteiger partial charge in [-0.2, -0.15) is 5.11 Å². The highest BCUT2D eigenvalue weighted by Gasteiger charge is 1.73. The third-order valence-corrected chi connectivity index (χ3v) is 0.698. The van der Waals surface area contributed by atoms with E-state index in [1.807, 2.05) is 39.8 Å². The van der Waals surface area contributed by atoms with E-state index >= 15 is 0 Å². The fourth-order valence-electron chi connectivity index (χ4n) is 0.408. The van der Waals surface area contributed by atoms with Crippen LogP contribution in [-0.4, -0.2) is 0 Å². The Morgan fingerprint density at radius 2 is 1.90 bits per heavy atom. The van der Waals surface area contributed by atoms with E-state index in [0.29, 0.717) is 0 Å². The second-order valence-corrected chi connectivity index (χ2v) is 1.50. The Morgan fingerprint density at radius 1 is 1.40 bits per heavy atom. The maximum atomic E-state index is 6.43. The minimum Gasteiger partial charge on any atom is -0.205 e. The van der Waals surface area contributed by atoms with Gasteiger partial charge in [-0.1, -0.05) is 26.0 Å². The van der Waals surface area contributed by atoms with E-state index in [1.54, 1.807) is 0 Å². The molecule has 2 nitrogen and oxygen atoms in total. The quantitative estimate of drug-likeness (QED) is 0.450. The van der Waals surface area contributed by atoms with E-state index < -0.39 is 0 Å². The number of hydrogen-bond donors (Lipinski definition) is 1. The van der Waals surface area contributed by atoms with Crippen molar-refractivity contribution < 1.29 is 0 Å². The Kier molecular flexibility index (Phi) is 13.0. The third-order valence-electron chi connectivity index (χ3n) is 0.698. The molecule has 0 aromatic rings. The van der Waals surface area contributed by atoms with Gasteiger partial charge in [-0.05, 0) is 19.4 Å². The molecule has 0 aromatic carbocycles. The summed E-state index contributed by atoms with van der Waals surface area (Å²) in [5.41, 5.74) is 7.43. The lowest BCUT2D eigenvalue weighted by atomic mass is 10.3. The van der Waals surface area contributed by atoms with E-state index in [0.717, 1.165) is 5.57 Å². The second-order valence-electron chi connectivity index (χ2n) is 1.50. The summed E-state index contributed by atoms with van der Waals surface area (Å²) in [5.74, 6) is 0. The zero-order valence-corrected chi connectivity index (χ0v) is 7.18. The fraction of sp³-hybridized carbons (Fsp3) is 0.500. The van der Waals surface area contributed by atoms with Crippen LogP contribution < -0.4 is 0 Å². The van der Waals surface area contributed by atoms with Crippen molar-refractivity contribution in [2.24, 2.45) is 5.11 Å². The highest BCUT2D eigenvalue weighted by atomic mass is 14.9. The standard InChI is InChI=1S/C6H10N2.C2H6/c1-3-4-6(2)5-8-7;1-2/h3-5,7H,1-2H3;1-2H3/b4-3-,6-5-,8-7?;. The van der Waals surface area contributed by atoms with Gasteiger partial charge in [-0.25, -0.2) is 5.53 Å². The summed E-state index contributed by atoms with van der Waals surface area (Å²) in [7, 11) is 0. The average molecular weight is 140 g/mol. The normalized spacial score (nSPS) is 10.6. The molecule has 0 aliphatic heterocycles. The molecule has 0 saturated heterocycles. The van der Waals surface area contributed by atoms with Crippen LogP contribution in [0.4, 0.5) is 0 Å². The molecule has 0 unspecified atom stereocenters. The first-order chi connectivity index (χ1) is 4.81. The molecule has 0 amide bonds. The number of rotatable bonds is 2. The zero-order chi connectivity index (χ0) is 8.41. The molecule has 0 aliphatic carbocycles. The van der Waals surface area contributed by atoms with E-state index in [4.69, 9.17) is 5.53 Å². The first-order valence-corrected chi connectivity index (χ1v) is 3.47. The van der Waals surface area contributed by atoms with Gasteiger partial charge < -0.3 is 0 Å². The van der Waals surface area contributed by atoms with Gasteiger partial charge in [0.25, 0.3) is 0 Å². The maximum absolute atomic E-state index is 6.43. The first-order valence-electron chi connectivity index (χ1n) is 3.47. The highest BCUT2D eigenvalue weighted by Crippen LogP contribution is 1.92. The fourth-order valence-corrected chi connectivity index (χ4v) is 0.408. The summed E-state index contributed by atoms with van der Waals surface area (Å²) in [4.78, 5) is 0. The summed E-state index contributed by atoms with van der Waals surface area (Å²) in [6, 6.07) is 0. The minimum absolute atomic E-state index is 1.00. The Morgan fingerprint density at radius 3 is 2.20 bits per heavy atom. The van der Waals surface area contributed by atoms with Crippen LogP contribution in [0.2, 0.25) is 0 Å². The number of nitrogens with zero attached hydrogens (tertiary/aromatic N) is 1. The molecule has 0 aliphatic rings. The summed E-state index contributed by atoms with van der Waals surface area (Å²) in [6.45, 7) is 7.83. The molecule has 0 fully saturated rings. The van der Waals surface area contributed by atoms with Crippen LogP contribution in [0.15, 0.2) is 29.0 Å². The number of hydrogen-bond acceptors (Lipinski definition) is 2. The zero-order valence-electron chi connectivity index (χ0n) is 7.18. The SMILES string of the molecule is C/C=C\C(C)=C/N=N.CC. The first kappa shape index (κ1) is 11.8. The molecule has 58 valence electrons. The molecule has 2 heteroatoms. The van der Waals surface area contributed by atoms with Crippen molar-refractivity contribution >= 4 is 0 Å². The second kappa shape index (κ2) is 11.0. The Bertz CT molecular complexity index is 123. The molecule has 0 atom stereocenters. The predicted molar refractivity (Wildman–Crippen MR) is 45.1 cm³/mol. The number of nitrogens with one attached hydrogen (secondary N) is 1. The molecule has 0 saturated carbocycles. The van der Waals surface area contributed by atoms with Gasteiger partial charge in [0.1, 0.15) is 0 Å². The van der Waals surface area contributed by atoms with Crippen molar-refractivity contribution in [3.05, 3.63) is 23.9 Å². The van der Waals surface area contributed by atoms with Gasteiger partial charge in [0.05, 0.1) is 6.20 Å². The van der Waals surface area contributed by atoms with Crippen LogP contribution >= 0.6 is 0 Å². The number of allylic oxidation sites excluding steroid dienone is 3. The van der Waals surface area contributed by atoms with Gasteiger partial charge in [0.15, 0.2) is 0 Å². The van der Waals surface area contributed by atoms with Crippen molar-refractivity contribution in [2.45, 2.75) is 27.7 Å². The van der Waals surface area contributed by atoms with Gasteiger partial charge in [-0.15, -0.1) is 0 Å². The maximum Gasteiger partial charge on any atom is 0.0517 e. The monoisotopic (exact) mass is 140 g/mol. The third kappa shape index (κ3) is 10.1. The molecule has 1 N–H and O–H groups in total. The van der Waals surface area contributed by atoms with E-state index in [9.17, 15) is 0 Å². The van der Waals surface area contributed by atoms with Crippen molar-refractivity contribution in [1.29, 1.82) is 5.53 Å². The van der Waals surface area contributed by atoms with Crippen molar-refractivity contribution in [1.82, 2.24) is 0 Å². The topological polar surface area (TPSA) is 36.2 Å². The van der Waals surface area contributed by atoms with E-state index in [-0.39, 0.29) is 0 Å². The average Bonchev–Trinajstić information content (AvgIpc) is 1.93. The lowest BCUT2D eigenvalue weighted by Crippen LogP contribution is -1.61. The van der Waals surface area contributed by atoms with E-state index in [1.165, 1.54) is 6.20 Å². The molecule has 0 rings (SSSR count). The summed E-state index contributed by atoms with van der Waals surface area (Å²) in [5, 5.41) is 3.09. The summed E-state index contributed by atoms with van der Waals surface area (Å²) >= 11 is 0. The summed E-state index contributed by atoms with van der Waals surface area (Å²) in [6.07, 6.45) is 5.31. The Balaban J connectivity index is 0. The molecule has 0 spiro atoms. The van der Waals surface area contributed by atoms with Gasteiger partial charge in [-0.3, -0.25) is 0 Å². The largest absolute Gasteiger partial charge is 0.205 e. The van der Waals surface area contributed by atoms with Gasteiger partial charge in [0.2, 0.25) is 0 Å². The Labute approximate surface area is 63.2 Å². The van der Waals surface area contributed by atoms with E-state index in [2.05, 4.69) is 5.11 Å². The Hall–Kier alpha value is -0.920. The molecule has 0 aromatic heterocycles. The summed E-state index contributed by atoms with van der Waals surface area (Å²) < 4.78 is 0. The van der Waals surface area contributed by atoms with Gasteiger partial charge in [0, 0.05) is 0 Å². The molecule has 0 heterocycles. The van der Waals surface area contributed by atoms with Crippen LogP contribution in [0.3, 0.4) is 0 Å². The highest BCUT2D eigenvalue weighted by molar-refractivity contribution is 5.13. The molecule has 0 bridgehead atoms. The smallest absolute Gasteiger partial charge is 0.0517 e. The molecule has 10 heavy (non-hydrogen) atoms. The van der Waals surface area contributed by atoms with Crippen molar-refractivity contribution in [3.8, 4) is 0 Å². The van der Waals surface area contributed by atoms with Crippen LogP contribution in [0.5, 0.6) is 0 Å². The van der Waals surface area contributed by atoms with Crippen molar-refractivity contribution in [3.63, 3.8) is 0 Å². The van der Waals surface area contributed by atoms with Crippen LogP contribution in [0.1, 0.15) is 27.7 Å². The van der Waals surface area contributed by atoms with Crippen LogP contribution in [0.25, 0.3) is 0 Å². The molecular weight excluding hydrogens is 124 g/mol. The minimum atomic E-state index is 1.00. The van der Waals surface area contributed by atoms with Crippen LogP contribution in [0, 0.1) is 5.53 Å². The predicted octanol–water partition coefficient (Wildman–Crippen LogP) is 3.52. The molecular formula is C8H16N2. The van der Waals surface area contributed by atoms with Gasteiger partial charge >= 0.3 is 0 Å². The lowest BCUT2D eigenvalue weighted by Gasteiger charge is -1.81. The van der Waals surface area contributed by atoms with Crippen LogP contribution in [-0.2, 0) is 0 Å². The molecule has 0 radical (unpaired) electrons. The van der Waals surface area contributed by atoms with Crippen molar-refractivity contribution in [2.75, 3.05) is 0 Å².